The first kappa shape index (κ1) is 14.6. The lowest BCUT2D eigenvalue weighted by atomic mass is 9.81. The number of hydrogen-bond acceptors (Lipinski definition) is 2. The predicted octanol–water partition coefficient (Wildman–Crippen LogP) is 2.96. The summed E-state index contributed by atoms with van der Waals surface area (Å²) in [5.41, 5.74) is 7.35. The molecule has 3 heteroatoms. The third-order valence-corrected chi connectivity index (χ3v) is 5.19. The molecule has 114 valence electrons. The van der Waals surface area contributed by atoms with Crippen LogP contribution in [-0.4, -0.2) is 18.0 Å². The Hall–Kier alpha value is -1.35. The van der Waals surface area contributed by atoms with Crippen molar-refractivity contribution in [1.29, 1.82) is 0 Å². The number of rotatable bonds is 3. The quantitative estimate of drug-likeness (QED) is 0.897. The summed E-state index contributed by atoms with van der Waals surface area (Å²) in [6.45, 7) is 0. The van der Waals surface area contributed by atoms with Crippen LogP contribution in [0.15, 0.2) is 30.3 Å². The van der Waals surface area contributed by atoms with Gasteiger partial charge in [0.25, 0.3) is 0 Å². The molecule has 0 spiro atoms. The lowest BCUT2D eigenvalue weighted by molar-refractivity contribution is -0.125. The zero-order chi connectivity index (χ0) is 14.7. The summed E-state index contributed by atoms with van der Waals surface area (Å²) in [4.78, 5) is 12.2. The first-order chi connectivity index (χ1) is 10.2. The molecular formula is C18H26N2O. The molecule has 0 aliphatic heterocycles. The summed E-state index contributed by atoms with van der Waals surface area (Å²) >= 11 is 0. The molecule has 1 amide bonds. The molecule has 1 aromatic rings. The zero-order valence-corrected chi connectivity index (χ0v) is 12.6. The van der Waals surface area contributed by atoms with Crippen LogP contribution in [0.3, 0.4) is 0 Å². The summed E-state index contributed by atoms with van der Waals surface area (Å²) in [6.07, 6.45) is 7.39. The van der Waals surface area contributed by atoms with Crippen molar-refractivity contribution < 1.29 is 4.79 Å². The van der Waals surface area contributed by atoms with Crippen LogP contribution in [0.2, 0.25) is 0 Å². The van der Waals surface area contributed by atoms with Crippen LogP contribution in [0, 0.1) is 5.92 Å². The number of carbonyl (C=O) groups is 1. The first-order valence-electron chi connectivity index (χ1n) is 8.33. The van der Waals surface area contributed by atoms with E-state index in [1.807, 2.05) is 0 Å². The molecule has 3 rings (SSSR count). The molecule has 0 bridgehead atoms. The minimum Gasteiger partial charge on any atom is -0.353 e. The third-order valence-electron chi connectivity index (χ3n) is 5.19. The number of amides is 1. The maximum Gasteiger partial charge on any atom is 0.223 e. The minimum absolute atomic E-state index is 0.159. The topological polar surface area (TPSA) is 55.1 Å². The monoisotopic (exact) mass is 286 g/mol. The highest BCUT2D eigenvalue weighted by atomic mass is 16.1. The van der Waals surface area contributed by atoms with Crippen molar-refractivity contribution in [3.8, 4) is 0 Å². The van der Waals surface area contributed by atoms with E-state index in [9.17, 15) is 4.79 Å². The number of carbonyl (C=O) groups excluding carboxylic acids is 1. The standard InChI is InChI=1S/C18H26N2O/c19-16-9-6-15(12-16)18(21)20-17-10-7-14(8-11-17)13-4-2-1-3-5-13/h1-5,14-17H,6-12,19H2,(H,20,21). The van der Waals surface area contributed by atoms with E-state index in [2.05, 4.69) is 35.6 Å². The summed E-state index contributed by atoms with van der Waals surface area (Å²) in [5.74, 6) is 1.07. The highest BCUT2D eigenvalue weighted by Gasteiger charge is 2.30. The molecule has 3 nitrogen and oxygen atoms in total. The average Bonchev–Trinajstić information content (AvgIpc) is 2.96. The Balaban J connectivity index is 1.47. The predicted molar refractivity (Wildman–Crippen MR) is 84.9 cm³/mol. The van der Waals surface area contributed by atoms with Gasteiger partial charge < -0.3 is 11.1 Å². The van der Waals surface area contributed by atoms with Crippen LogP contribution < -0.4 is 11.1 Å². The molecule has 2 unspecified atom stereocenters. The Morgan fingerprint density at radius 1 is 1.00 bits per heavy atom. The highest BCUT2D eigenvalue weighted by Crippen LogP contribution is 2.33. The van der Waals surface area contributed by atoms with Gasteiger partial charge in [0.15, 0.2) is 0 Å². The Morgan fingerprint density at radius 2 is 1.71 bits per heavy atom. The molecule has 0 radical (unpaired) electrons. The van der Waals surface area contributed by atoms with E-state index < -0.39 is 0 Å². The Bertz CT molecular complexity index is 465. The largest absolute Gasteiger partial charge is 0.353 e. The summed E-state index contributed by atoms with van der Waals surface area (Å²) < 4.78 is 0. The maximum absolute atomic E-state index is 12.2. The lowest BCUT2D eigenvalue weighted by Crippen LogP contribution is -2.40. The van der Waals surface area contributed by atoms with Gasteiger partial charge in [0, 0.05) is 18.0 Å². The van der Waals surface area contributed by atoms with Crippen LogP contribution >= 0.6 is 0 Å². The molecule has 2 aliphatic carbocycles. The van der Waals surface area contributed by atoms with Gasteiger partial charge in [-0.3, -0.25) is 4.79 Å². The normalized spacial score (nSPS) is 32.8. The Morgan fingerprint density at radius 3 is 2.33 bits per heavy atom. The molecule has 0 saturated heterocycles. The highest BCUT2D eigenvalue weighted by molar-refractivity contribution is 5.79. The minimum atomic E-state index is 0.159. The molecule has 1 aromatic carbocycles. The fraction of sp³-hybridized carbons (Fsp3) is 0.611. The first-order valence-corrected chi connectivity index (χ1v) is 8.33. The molecule has 2 aliphatic rings. The van der Waals surface area contributed by atoms with Crippen molar-refractivity contribution in [2.75, 3.05) is 0 Å². The van der Waals surface area contributed by atoms with Crippen LogP contribution in [0.4, 0.5) is 0 Å². The zero-order valence-electron chi connectivity index (χ0n) is 12.6. The van der Waals surface area contributed by atoms with Crippen molar-refractivity contribution >= 4 is 5.91 Å². The van der Waals surface area contributed by atoms with E-state index in [1.165, 1.54) is 18.4 Å². The smallest absolute Gasteiger partial charge is 0.223 e. The Labute approximate surface area is 127 Å². The van der Waals surface area contributed by atoms with Crippen LogP contribution in [0.25, 0.3) is 0 Å². The second kappa shape index (κ2) is 6.61. The fourth-order valence-corrected chi connectivity index (χ4v) is 3.87. The lowest BCUT2D eigenvalue weighted by Gasteiger charge is -2.30. The van der Waals surface area contributed by atoms with Gasteiger partial charge in [0.2, 0.25) is 5.91 Å². The van der Waals surface area contributed by atoms with Crippen molar-refractivity contribution in [2.24, 2.45) is 11.7 Å². The van der Waals surface area contributed by atoms with Gasteiger partial charge in [0.05, 0.1) is 0 Å². The fourth-order valence-electron chi connectivity index (χ4n) is 3.87. The van der Waals surface area contributed by atoms with Gasteiger partial charge >= 0.3 is 0 Å². The molecule has 3 N–H and O–H groups in total. The molecule has 0 aromatic heterocycles. The SMILES string of the molecule is NC1CCC(C(=O)NC2CCC(c3ccccc3)CC2)C1. The summed E-state index contributed by atoms with van der Waals surface area (Å²) in [5, 5.41) is 3.26. The second-order valence-electron chi connectivity index (χ2n) is 6.74. The number of nitrogens with one attached hydrogen (secondary N) is 1. The summed E-state index contributed by atoms with van der Waals surface area (Å²) in [6, 6.07) is 11.4. The van der Waals surface area contributed by atoms with Gasteiger partial charge in [-0.05, 0) is 56.4 Å². The van der Waals surface area contributed by atoms with Gasteiger partial charge in [0.1, 0.15) is 0 Å². The maximum atomic E-state index is 12.2. The van der Waals surface area contributed by atoms with Crippen molar-refractivity contribution in [3.63, 3.8) is 0 Å². The van der Waals surface area contributed by atoms with Crippen molar-refractivity contribution in [2.45, 2.75) is 62.9 Å². The number of benzene rings is 1. The molecule has 21 heavy (non-hydrogen) atoms. The molecular weight excluding hydrogens is 260 g/mol. The van der Waals surface area contributed by atoms with Gasteiger partial charge in [-0.2, -0.15) is 0 Å². The van der Waals surface area contributed by atoms with Crippen molar-refractivity contribution in [3.05, 3.63) is 35.9 Å². The van der Waals surface area contributed by atoms with E-state index in [0.717, 1.165) is 32.1 Å². The number of nitrogens with two attached hydrogens (primary N) is 1. The van der Waals surface area contributed by atoms with E-state index in [0.29, 0.717) is 12.0 Å². The van der Waals surface area contributed by atoms with Crippen LogP contribution in [-0.2, 0) is 4.79 Å². The molecule has 2 saturated carbocycles. The van der Waals surface area contributed by atoms with E-state index >= 15 is 0 Å². The van der Waals surface area contributed by atoms with Gasteiger partial charge in [-0.15, -0.1) is 0 Å². The van der Waals surface area contributed by atoms with Crippen LogP contribution in [0.1, 0.15) is 56.4 Å². The second-order valence-corrected chi connectivity index (χ2v) is 6.74. The Kier molecular flexibility index (Phi) is 4.59. The van der Waals surface area contributed by atoms with Gasteiger partial charge in [-0.25, -0.2) is 0 Å². The third kappa shape index (κ3) is 3.65. The average molecular weight is 286 g/mol. The number of hydrogen-bond donors (Lipinski definition) is 2. The molecule has 0 heterocycles. The van der Waals surface area contributed by atoms with E-state index in [1.54, 1.807) is 0 Å². The van der Waals surface area contributed by atoms with E-state index in [4.69, 9.17) is 5.73 Å². The van der Waals surface area contributed by atoms with Gasteiger partial charge in [-0.1, -0.05) is 30.3 Å². The van der Waals surface area contributed by atoms with Crippen LogP contribution in [0.5, 0.6) is 0 Å². The van der Waals surface area contributed by atoms with E-state index in [-0.39, 0.29) is 17.9 Å². The van der Waals surface area contributed by atoms with Crippen molar-refractivity contribution in [1.82, 2.24) is 5.32 Å². The summed E-state index contributed by atoms with van der Waals surface area (Å²) in [7, 11) is 0. The molecule has 2 atom stereocenters. The molecule has 2 fully saturated rings.